The molecule has 1 saturated heterocycles. The Labute approximate surface area is 108 Å². The molecule has 0 bridgehead atoms. The van der Waals surface area contributed by atoms with Gasteiger partial charge in [0.25, 0.3) is 0 Å². The lowest BCUT2D eigenvalue weighted by molar-refractivity contribution is 0.268. The molecule has 18 heavy (non-hydrogen) atoms. The van der Waals surface area contributed by atoms with Crippen LogP contribution in [0.25, 0.3) is 0 Å². The molecule has 0 aromatic heterocycles. The molecule has 1 aliphatic heterocycles. The van der Waals surface area contributed by atoms with Gasteiger partial charge in [-0.1, -0.05) is 12.5 Å². The molecule has 0 N–H and O–H groups in total. The van der Waals surface area contributed by atoms with Crippen LogP contribution in [0.1, 0.15) is 31.7 Å². The molecule has 0 spiro atoms. The van der Waals surface area contributed by atoms with Crippen molar-refractivity contribution in [3.63, 3.8) is 0 Å². The van der Waals surface area contributed by atoms with Crippen molar-refractivity contribution in [2.75, 3.05) is 6.54 Å². The van der Waals surface area contributed by atoms with Crippen LogP contribution in [0.3, 0.4) is 0 Å². The highest BCUT2D eigenvalue weighted by atomic mass is 32.2. The van der Waals surface area contributed by atoms with Crippen molar-refractivity contribution < 1.29 is 8.42 Å². The van der Waals surface area contributed by atoms with Gasteiger partial charge >= 0.3 is 0 Å². The fourth-order valence-electron chi connectivity index (χ4n) is 2.29. The van der Waals surface area contributed by atoms with E-state index in [4.69, 9.17) is 5.26 Å². The van der Waals surface area contributed by atoms with Crippen molar-refractivity contribution in [2.45, 2.75) is 37.1 Å². The number of piperidine rings is 1. The van der Waals surface area contributed by atoms with Crippen molar-refractivity contribution in [3.05, 3.63) is 29.8 Å². The number of sulfonamides is 1. The molecule has 2 rings (SSSR count). The van der Waals surface area contributed by atoms with Gasteiger partial charge in [-0.25, -0.2) is 8.42 Å². The lowest BCUT2D eigenvalue weighted by Crippen LogP contribution is -2.41. The van der Waals surface area contributed by atoms with Crippen molar-refractivity contribution >= 4 is 10.0 Å². The molecule has 1 atom stereocenters. The highest BCUT2D eigenvalue weighted by molar-refractivity contribution is 7.89. The SMILES string of the molecule is C[C@H]1CCCCN1S(=O)(=O)c1cccc(C#N)c1. The molecular formula is C13H16N2O2S. The minimum atomic E-state index is -3.46. The number of nitrogens with zero attached hydrogens (tertiary/aromatic N) is 2. The van der Waals surface area contributed by atoms with Crippen LogP contribution in [0.2, 0.25) is 0 Å². The maximum absolute atomic E-state index is 12.5. The third-order valence-electron chi connectivity index (χ3n) is 3.31. The van der Waals surface area contributed by atoms with E-state index in [-0.39, 0.29) is 10.9 Å². The van der Waals surface area contributed by atoms with Crippen LogP contribution in [0.4, 0.5) is 0 Å². The first-order valence-electron chi connectivity index (χ1n) is 6.08. The average Bonchev–Trinajstić information content (AvgIpc) is 2.39. The number of hydrogen-bond donors (Lipinski definition) is 0. The first kappa shape index (κ1) is 13.1. The second-order valence-electron chi connectivity index (χ2n) is 4.60. The zero-order valence-corrected chi connectivity index (χ0v) is 11.2. The van der Waals surface area contributed by atoms with Crippen LogP contribution in [-0.2, 0) is 10.0 Å². The lowest BCUT2D eigenvalue weighted by Gasteiger charge is -2.32. The van der Waals surface area contributed by atoms with Crippen molar-refractivity contribution in [3.8, 4) is 6.07 Å². The van der Waals surface area contributed by atoms with Gasteiger partial charge in [0, 0.05) is 12.6 Å². The van der Waals surface area contributed by atoms with E-state index in [1.807, 2.05) is 13.0 Å². The Kier molecular flexibility index (Phi) is 3.69. The Hall–Kier alpha value is -1.38. The minimum absolute atomic E-state index is 0.0366. The second kappa shape index (κ2) is 5.09. The van der Waals surface area contributed by atoms with E-state index in [0.717, 1.165) is 19.3 Å². The Morgan fingerprint density at radius 2 is 2.17 bits per heavy atom. The normalized spacial score (nSPS) is 21.4. The summed E-state index contributed by atoms with van der Waals surface area (Å²) in [5, 5.41) is 8.83. The number of benzene rings is 1. The van der Waals surface area contributed by atoms with E-state index in [0.29, 0.717) is 12.1 Å². The van der Waals surface area contributed by atoms with Gasteiger partial charge in [-0.3, -0.25) is 0 Å². The molecule has 0 unspecified atom stereocenters. The van der Waals surface area contributed by atoms with Gasteiger partial charge in [0.15, 0.2) is 0 Å². The summed E-state index contributed by atoms with van der Waals surface area (Å²) in [7, 11) is -3.46. The average molecular weight is 264 g/mol. The molecule has 0 radical (unpaired) electrons. The highest BCUT2D eigenvalue weighted by Crippen LogP contribution is 2.25. The van der Waals surface area contributed by atoms with E-state index >= 15 is 0 Å². The topological polar surface area (TPSA) is 61.2 Å². The fraction of sp³-hybridized carbons (Fsp3) is 0.462. The zero-order chi connectivity index (χ0) is 13.2. The van der Waals surface area contributed by atoms with Gasteiger partial charge in [0.2, 0.25) is 10.0 Å². The molecule has 1 aromatic carbocycles. The Bertz CT molecular complexity index is 575. The van der Waals surface area contributed by atoms with Crippen LogP contribution in [0.15, 0.2) is 29.2 Å². The summed E-state index contributed by atoms with van der Waals surface area (Å²) in [5.41, 5.74) is 0.376. The second-order valence-corrected chi connectivity index (χ2v) is 6.49. The molecule has 5 heteroatoms. The van der Waals surface area contributed by atoms with Gasteiger partial charge in [-0.2, -0.15) is 9.57 Å². The monoisotopic (exact) mass is 264 g/mol. The lowest BCUT2D eigenvalue weighted by atomic mass is 10.1. The molecule has 96 valence electrons. The summed E-state index contributed by atoms with van der Waals surface area (Å²) >= 11 is 0. The molecule has 0 aliphatic carbocycles. The standard InChI is InChI=1S/C13H16N2O2S/c1-11-5-2-3-8-15(11)18(16,17)13-7-4-6-12(9-13)10-14/h4,6-7,9,11H,2-3,5,8H2,1H3/t11-/m0/s1. The van der Waals surface area contributed by atoms with Crippen LogP contribution in [-0.4, -0.2) is 25.3 Å². The minimum Gasteiger partial charge on any atom is -0.207 e. The summed E-state index contributed by atoms with van der Waals surface area (Å²) < 4.78 is 26.5. The molecule has 0 amide bonds. The molecule has 0 saturated carbocycles. The predicted molar refractivity (Wildman–Crippen MR) is 68.4 cm³/mol. The summed E-state index contributed by atoms with van der Waals surface area (Å²) in [6, 6.07) is 8.22. The number of hydrogen-bond acceptors (Lipinski definition) is 3. The van der Waals surface area contributed by atoms with E-state index in [9.17, 15) is 8.42 Å². The molecule has 1 aliphatic rings. The third kappa shape index (κ3) is 2.40. The summed E-state index contributed by atoms with van der Waals surface area (Å²) in [6.07, 6.45) is 2.88. The van der Waals surface area contributed by atoms with Crippen molar-refractivity contribution in [1.29, 1.82) is 5.26 Å². The van der Waals surface area contributed by atoms with Crippen LogP contribution in [0, 0.1) is 11.3 Å². The Balaban J connectivity index is 2.38. The molecule has 1 heterocycles. The quantitative estimate of drug-likeness (QED) is 0.822. The van der Waals surface area contributed by atoms with E-state index in [1.54, 1.807) is 22.5 Å². The first-order valence-corrected chi connectivity index (χ1v) is 7.52. The zero-order valence-electron chi connectivity index (χ0n) is 10.3. The van der Waals surface area contributed by atoms with Crippen LogP contribution >= 0.6 is 0 Å². The van der Waals surface area contributed by atoms with E-state index in [2.05, 4.69) is 0 Å². The van der Waals surface area contributed by atoms with Crippen molar-refractivity contribution in [2.24, 2.45) is 0 Å². The fourth-order valence-corrected chi connectivity index (χ4v) is 4.04. The third-order valence-corrected chi connectivity index (χ3v) is 5.32. The van der Waals surface area contributed by atoms with Gasteiger partial charge in [0.05, 0.1) is 16.5 Å². The number of rotatable bonds is 2. The van der Waals surface area contributed by atoms with Crippen molar-refractivity contribution in [1.82, 2.24) is 4.31 Å². The Morgan fingerprint density at radius 3 is 2.83 bits per heavy atom. The summed E-state index contributed by atoms with van der Waals surface area (Å²) in [4.78, 5) is 0.218. The molecule has 1 fully saturated rings. The summed E-state index contributed by atoms with van der Waals surface area (Å²) in [5.74, 6) is 0. The maximum atomic E-state index is 12.5. The van der Waals surface area contributed by atoms with Gasteiger partial charge in [0.1, 0.15) is 0 Å². The highest BCUT2D eigenvalue weighted by Gasteiger charge is 2.30. The van der Waals surface area contributed by atoms with Gasteiger partial charge in [-0.15, -0.1) is 0 Å². The predicted octanol–water partition coefficient (Wildman–Crippen LogP) is 2.12. The van der Waals surface area contributed by atoms with E-state index < -0.39 is 10.0 Å². The smallest absolute Gasteiger partial charge is 0.207 e. The van der Waals surface area contributed by atoms with E-state index in [1.165, 1.54) is 6.07 Å². The largest absolute Gasteiger partial charge is 0.243 e. The first-order chi connectivity index (χ1) is 8.55. The van der Waals surface area contributed by atoms with Crippen LogP contribution < -0.4 is 0 Å². The van der Waals surface area contributed by atoms with Gasteiger partial charge in [-0.05, 0) is 38.0 Å². The maximum Gasteiger partial charge on any atom is 0.243 e. The number of nitriles is 1. The molecular weight excluding hydrogens is 248 g/mol. The molecule has 1 aromatic rings. The van der Waals surface area contributed by atoms with Gasteiger partial charge < -0.3 is 0 Å². The van der Waals surface area contributed by atoms with Crippen LogP contribution in [0.5, 0.6) is 0 Å². The molecule has 4 nitrogen and oxygen atoms in total. The Morgan fingerprint density at radius 1 is 1.39 bits per heavy atom. The summed E-state index contributed by atoms with van der Waals surface area (Å²) in [6.45, 7) is 2.51.